The van der Waals surface area contributed by atoms with Crippen molar-refractivity contribution in [3.8, 4) is 0 Å². The fraction of sp³-hybridized carbons (Fsp3) is 0.368. The van der Waals surface area contributed by atoms with Crippen LogP contribution in [0.2, 0.25) is 0 Å². The summed E-state index contributed by atoms with van der Waals surface area (Å²) >= 11 is 1.44. The smallest absolute Gasteiger partial charge is 0.175 e. The summed E-state index contributed by atoms with van der Waals surface area (Å²) in [4.78, 5) is 12.0. The van der Waals surface area contributed by atoms with E-state index in [1.54, 1.807) is 0 Å². The number of aromatic nitrogens is 3. The Labute approximate surface area is 167 Å². The van der Waals surface area contributed by atoms with Gasteiger partial charge in [-0.3, -0.25) is 9.67 Å². The second kappa shape index (κ2) is 6.99. The predicted molar refractivity (Wildman–Crippen MR) is 112 cm³/mol. The Bertz CT molecular complexity index is 1020. The maximum absolute atomic E-state index is 4.94. The molecular formula is C19H22N8S. The van der Waals surface area contributed by atoms with Crippen LogP contribution in [-0.2, 0) is 7.05 Å². The van der Waals surface area contributed by atoms with Gasteiger partial charge in [-0.1, -0.05) is 6.08 Å². The summed E-state index contributed by atoms with van der Waals surface area (Å²) in [5, 5.41) is 12.1. The third kappa shape index (κ3) is 3.16. The van der Waals surface area contributed by atoms with Crippen molar-refractivity contribution >= 4 is 28.2 Å². The topological polar surface area (TPSA) is 82.7 Å². The lowest BCUT2D eigenvalue weighted by Gasteiger charge is -2.29. The lowest BCUT2D eigenvalue weighted by molar-refractivity contribution is 0.455. The third-order valence-electron chi connectivity index (χ3n) is 5.07. The zero-order valence-electron chi connectivity index (χ0n) is 15.9. The van der Waals surface area contributed by atoms with Gasteiger partial charge in [-0.25, -0.2) is 4.99 Å². The molecule has 9 heteroatoms. The van der Waals surface area contributed by atoms with Crippen LogP contribution in [0.4, 0.5) is 5.00 Å². The number of hydrogen-bond donors (Lipinski definition) is 2. The number of nitrogens with zero attached hydrogens (tertiary/aromatic N) is 6. The molecule has 3 aliphatic heterocycles. The van der Waals surface area contributed by atoms with Crippen LogP contribution in [0.1, 0.15) is 23.7 Å². The Balaban J connectivity index is 1.52. The van der Waals surface area contributed by atoms with Gasteiger partial charge in [0.15, 0.2) is 11.7 Å². The van der Waals surface area contributed by atoms with Gasteiger partial charge in [0.2, 0.25) is 0 Å². The lowest BCUT2D eigenvalue weighted by atomic mass is 10.0. The summed E-state index contributed by atoms with van der Waals surface area (Å²) in [6, 6.07) is 2.17. The number of aliphatic imine (C=N–C) groups is 2. The van der Waals surface area contributed by atoms with E-state index < -0.39 is 0 Å². The highest BCUT2D eigenvalue weighted by Gasteiger charge is 2.35. The van der Waals surface area contributed by atoms with Gasteiger partial charge >= 0.3 is 0 Å². The van der Waals surface area contributed by atoms with Gasteiger partial charge < -0.3 is 15.5 Å². The molecule has 0 saturated carbocycles. The molecule has 1 atom stereocenters. The van der Waals surface area contributed by atoms with E-state index in [4.69, 9.17) is 9.98 Å². The molecule has 2 aromatic rings. The summed E-state index contributed by atoms with van der Waals surface area (Å²) in [5.74, 6) is 1.66. The molecule has 0 aromatic carbocycles. The van der Waals surface area contributed by atoms with Crippen molar-refractivity contribution < 1.29 is 0 Å². The first-order valence-electron chi connectivity index (χ1n) is 9.40. The summed E-state index contributed by atoms with van der Waals surface area (Å²) in [7, 11) is 1.94. The van der Waals surface area contributed by atoms with Crippen LogP contribution in [0.15, 0.2) is 52.0 Å². The van der Waals surface area contributed by atoms with Crippen LogP contribution < -0.4 is 10.6 Å². The molecular weight excluding hydrogens is 372 g/mol. The maximum atomic E-state index is 4.94. The molecule has 0 aliphatic carbocycles. The average molecular weight is 395 g/mol. The first-order valence-corrected chi connectivity index (χ1v) is 10.2. The van der Waals surface area contributed by atoms with Crippen LogP contribution in [0.3, 0.4) is 0 Å². The van der Waals surface area contributed by atoms with E-state index in [1.807, 2.05) is 30.9 Å². The summed E-state index contributed by atoms with van der Waals surface area (Å²) in [5.41, 5.74) is 4.43. The molecule has 0 saturated heterocycles. The van der Waals surface area contributed by atoms with E-state index in [9.17, 15) is 0 Å². The van der Waals surface area contributed by atoms with Gasteiger partial charge in [-0.2, -0.15) is 9.47 Å². The van der Waals surface area contributed by atoms with E-state index in [1.165, 1.54) is 17.1 Å². The molecule has 0 radical (unpaired) electrons. The maximum Gasteiger partial charge on any atom is 0.175 e. The fourth-order valence-electron chi connectivity index (χ4n) is 3.68. The number of rotatable bonds is 3. The number of anilines is 1. The van der Waals surface area contributed by atoms with Crippen LogP contribution in [-0.4, -0.2) is 50.4 Å². The van der Waals surface area contributed by atoms with Gasteiger partial charge in [0.25, 0.3) is 0 Å². The van der Waals surface area contributed by atoms with Gasteiger partial charge in [0.05, 0.1) is 30.2 Å². The van der Waals surface area contributed by atoms with Crippen molar-refractivity contribution in [3.05, 3.63) is 53.3 Å². The van der Waals surface area contributed by atoms with Crippen LogP contribution in [0, 0.1) is 6.92 Å². The van der Waals surface area contributed by atoms with E-state index >= 15 is 0 Å². The second-order valence-corrected chi connectivity index (χ2v) is 7.96. The van der Waals surface area contributed by atoms with Crippen molar-refractivity contribution in [2.75, 3.05) is 25.0 Å². The Morgan fingerprint density at radius 1 is 1.36 bits per heavy atom. The summed E-state index contributed by atoms with van der Waals surface area (Å²) in [6.45, 7) is 4.54. The Morgan fingerprint density at radius 2 is 2.29 bits per heavy atom. The highest BCUT2D eigenvalue weighted by atomic mass is 32.1. The Morgan fingerprint density at radius 3 is 3.00 bits per heavy atom. The number of nitrogens with one attached hydrogen (secondary N) is 2. The lowest BCUT2D eigenvalue weighted by Crippen LogP contribution is -2.38. The molecule has 2 aromatic heterocycles. The number of fused-ring (bicyclic) bond motifs is 1. The number of aryl methyl sites for hydroxylation is 2. The van der Waals surface area contributed by atoms with E-state index in [-0.39, 0.29) is 6.04 Å². The van der Waals surface area contributed by atoms with Gasteiger partial charge in [0.1, 0.15) is 5.00 Å². The van der Waals surface area contributed by atoms with Gasteiger partial charge in [0, 0.05) is 31.6 Å². The molecule has 0 amide bonds. The summed E-state index contributed by atoms with van der Waals surface area (Å²) in [6.07, 6.45) is 9.33. The molecule has 0 fully saturated rings. The summed E-state index contributed by atoms with van der Waals surface area (Å²) < 4.78 is 6.21. The van der Waals surface area contributed by atoms with Crippen LogP contribution in [0.5, 0.6) is 0 Å². The first-order chi connectivity index (χ1) is 13.7. The monoisotopic (exact) mass is 394 g/mol. The highest BCUT2D eigenvalue weighted by Crippen LogP contribution is 2.33. The van der Waals surface area contributed by atoms with Crippen molar-refractivity contribution in [2.45, 2.75) is 19.4 Å². The minimum absolute atomic E-state index is 0.136. The number of amidine groups is 2. The zero-order valence-corrected chi connectivity index (χ0v) is 16.7. The van der Waals surface area contributed by atoms with E-state index in [2.05, 4.69) is 43.5 Å². The molecule has 2 N–H and O–H groups in total. The fourth-order valence-corrected chi connectivity index (χ4v) is 4.34. The molecule has 5 heterocycles. The normalized spacial score (nSPS) is 21.6. The third-order valence-corrected chi connectivity index (χ3v) is 5.87. The van der Waals surface area contributed by atoms with Gasteiger partial charge in [-0.05, 0) is 43.1 Å². The first kappa shape index (κ1) is 17.3. The molecule has 0 spiro atoms. The molecule has 3 aliphatic rings. The van der Waals surface area contributed by atoms with Crippen molar-refractivity contribution in [2.24, 2.45) is 17.0 Å². The van der Waals surface area contributed by atoms with Crippen molar-refractivity contribution in [1.29, 1.82) is 0 Å². The van der Waals surface area contributed by atoms with Gasteiger partial charge in [-0.15, -0.1) is 0 Å². The Kier molecular flexibility index (Phi) is 4.33. The quantitative estimate of drug-likeness (QED) is 0.834. The Hall–Kier alpha value is -2.78. The van der Waals surface area contributed by atoms with E-state index in [0.29, 0.717) is 6.54 Å². The SMILES string of the molecule is Cc1cc(NC2=NC(C3=CCNCC3)=CN3C2=NCC3c2cnn(C)c2)sn1. The molecule has 28 heavy (non-hydrogen) atoms. The highest BCUT2D eigenvalue weighted by molar-refractivity contribution is 7.10. The number of hydrogen-bond acceptors (Lipinski definition) is 8. The second-order valence-electron chi connectivity index (χ2n) is 7.15. The molecule has 1 unspecified atom stereocenters. The molecule has 0 bridgehead atoms. The minimum atomic E-state index is 0.136. The largest absolute Gasteiger partial charge is 0.328 e. The molecule has 144 valence electrons. The van der Waals surface area contributed by atoms with Crippen LogP contribution >= 0.6 is 11.5 Å². The van der Waals surface area contributed by atoms with Crippen molar-refractivity contribution in [3.63, 3.8) is 0 Å². The van der Waals surface area contributed by atoms with E-state index in [0.717, 1.165) is 53.1 Å². The molecule has 5 rings (SSSR count). The standard InChI is InChI=1S/C19H22N8S/c1-12-7-17(28-25-12)24-18-19-21-9-16(14-8-22-26(2)10-14)27(19)11-15(23-18)13-3-5-20-6-4-13/h3,7-8,10-11,16,20H,4-6,9H2,1-2H3,(H,23,24). The zero-order chi connectivity index (χ0) is 19.1. The molecule has 8 nitrogen and oxygen atoms in total. The van der Waals surface area contributed by atoms with Crippen molar-refractivity contribution in [1.82, 2.24) is 24.4 Å². The number of allylic oxidation sites excluding steroid dienone is 1. The van der Waals surface area contributed by atoms with Crippen LogP contribution in [0.25, 0.3) is 0 Å². The minimum Gasteiger partial charge on any atom is -0.328 e. The average Bonchev–Trinajstić information content (AvgIpc) is 3.42. The predicted octanol–water partition coefficient (Wildman–Crippen LogP) is 2.23.